The van der Waals surface area contributed by atoms with Gasteiger partial charge in [0, 0.05) is 17.5 Å². The van der Waals surface area contributed by atoms with Crippen LogP contribution in [0.25, 0.3) is 6.08 Å². The fourth-order valence-electron chi connectivity index (χ4n) is 2.71. The molecule has 24 heavy (non-hydrogen) atoms. The Morgan fingerprint density at radius 3 is 2.62 bits per heavy atom. The highest BCUT2D eigenvalue weighted by Gasteiger charge is 2.23. The molecule has 0 saturated carbocycles. The van der Waals surface area contributed by atoms with E-state index in [4.69, 9.17) is 4.74 Å². The summed E-state index contributed by atoms with van der Waals surface area (Å²) in [7, 11) is 0. The number of carbonyl (C=O) groups is 1. The van der Waals surface area contributed by atoms with Crippen LogP contribution in [-0.2, 0) is 9.53 Å². The van der Waals surface area contributed by atoms with E-state index in [9.17, 15) is 4.79 Å². The van der Waals surface area contributed by atoms with Crippen LogP contribution in [0.4, 0.5) is 0 Å². The molecule has 1 aliphatic rings. The van der Waals surface area contributed by atoms with E-state index in [-0.39, 0.29) is 12.0 Å². The number of benzene rings is 2. The molecule has 1 unspecified atom stereocenters. The lowest BCUT2D eigenvalue weighted by Crippen LogP contribution is -2.41. The van der Waals surface area contributed by atoms with E-state index >= 15 is 0 Å². The maximum Gasteiger partial charge on any atom is 0.246 e. The zero-order valence-electron chi connectivity index (χ0n) is 13.7. The molecule has 2 aromatic carbocycles. The van der Waals surface area contributed by atoms with E-state index in [0.717, 1.165) is 11.1 Å². The third-order valence-electron chi connectivity index (χ3n) is 4.08. The van der Waals surface area contributed by atoms with Crippen LogP contribution in [-0.4, -0.2) is 36.8 Å². The third kappa shape index (κ3) is 4.28. The molecule has 1 aliphatic heterocycles. The van der Waals surface area contributed by atoms with Crippen LogP contribution < -0.4 is 0 Å². The molecule has 2 aromatic rings. The number of nitrogens with zero attached hydrogens (tertiary/aromatic N) is 1. The lowest BCUT2D eigenvalue weighted by Gasteiger charge is -2.32. The number of carbonyl (C=O) groups excluding carboxylic acids is 1. The molecule has 1 atom stereocenters. The van der Waals surface area contributed by atoms with E-state index in [1.54, 1.807) is 17.8 Å². The van der Waals surface area contributed by atoms with Gasteiger partial charge < -0.3 is 9.64 Å². The van der Waals surface area contributed by atoms with Crippen LogP contribution in [0.3, 0.4) is 0 Å². The van der Waals surface area contributed by atoms with Crippen molar-refractivity contribution in [2.45, 2.75) is 11.0 Å². The average Bonchev–Trinajstić information content (AvgIpc) is 2.67. The Morgan fingerprint density at radius 2 is 1.92 bits per heavy atom. The highest BCUT2D eigenvalue weighted by Crippen LogP contribution is 2.22. The average molecular weight is 339 g/mol. The lowest BCUT2D eigenvalue weighted by atomic mass is 10.1. The summed E-state index contributed by atoms with van der Waals surface area (Å²) < 4.78 is 5.81. The number of hydrogen-bond donors (Lipinski definition) is 0. The third-order valence-corrected chi connectivity index (χ3v) is 4.83. The standard InChI is InChI=1S/C20H21NO2S/c1-24-18-10-7-16(8-11-18)9-12-20(22)21-13-14-23-19(15-21)17-5-3-2-4-6-17/h2-12,19H,13-15H2,1H3/b12-9+. The molecule has 4 heteroatoms. The van der Waals surface area contributed by atoms with E-state index < -0.39 is 0 Å². The number of hydrogen-bond acceptors (Lipinski definition) is 3. The van der Waals surface area contributed by atoms with Gasteiger partial charge in [0.05, 0.1) is 13.2 Å². The maximum atomic E-state index is 12.5. The van der Waals surface area contributed by atoms with E-state index in [1.807, 2.05) is 53.4 Å². The van der Waals surface area contributed by atoms with Gasteiger partial charge in [0.25, 0.3) is 0 Å². The second-order valence-electron chi connectivity index (χ2n) is 5.66. The van der Waals surface area contributed by atoms with Crippen molar-refractivity contribution < 1.29 is 9.53 Å². The van der Waals surface area contributed by atoms with Crippen molar-refractivity contribution in [1.29, 1.82) is 0 Å². The van der Waals surface area contributed by atoms with E-state index in [2.05, 4.69) is 18.4 Å². The Labute approximate surface area is 147 Å². The monoisotopic (exact) mass is 339 g/mol. The summed E-state index contributed by atoms with van der Waals surface area (Å²) in [6, 6.07) is 18.3. The van der Waals surface area contributed by atoms with Gasteiger partial charge in [-0.3, -0.25) is 4.79 Å². The molecule has 1 amide bonds. The summed E-state index contributed by atoms with van der Waals surface area (Å²) in [5, 5.41) is 0. The SMILES string of the molecule is CSc1ccc(/C=C/C(=O)N2CCOC(c3ccccc3)C2)cc1. The van der Waals surface area contributed by atoms with Crippen molar-refractivity contribution in [2.24, 2.45) is 0 Å². The van der Waals surface area contributed by atoms with Crippen molar-refractivity contribution in [3.8, 4) is 0 Å². The summed E-state index contributed by atoms with van der Waals surface area (Å²) in [5.41, 5.74) is 2.15. The smallest absolute Gasteiger partial charge is 0.246 e. The van der Waals surface area contributed by atoms with Crippen molar-refractivity contribution in [2.75, 3.05) is 26.0 Å². The van der Waals surface area contributed by atoms with Gasteiger partial charge in [-0.05, 0) is 35.6 Å². The minimum Gasteiger partial charge on any atom is -0.370 e. The number of amides is 1. The van der Waals surface area contributed by atoms with Gasteiger partial charge in [0.2, 0.25) is 5.91 Å². The first-order valence-electron chi connectivity index (χ1n) is 8.04. The van der Waals surface area contributed by atoms with Crippen LogP contribution in [0.15, 0.2) is 65.6 Å². The first-order chi connectivity index (χ1) is 11.8. The molecule has 1 fully saturated rings. The van der Waals surface area contributed by atoms with Gasteiger partial charge >= 0.3 is 0 Å². The molecular formula is C20H21NO2S. The van der Waals surface area contributed by atoms with Gasteiger partial charge in [-0.2, -0.15) is 0 Å². The first kappa shape index (κ1) is 16.8. The van der Waals surface area contributed by atoms with Gasteiger partial charge in [-0.15, -0.1) is 11.8 Å². The number of morpholine rings is 1. The zero-order valence-corrected chi connectivity index (χ0v) is 14.5. The molecule has 0 aliphatic carbocycles. The minimum absolute atomic E-state index is 0.0353. The minimum atomic E-state index is -0.0434. The maximum absolute atomic E-state index is 12.5. The second-order valence-corrected chi connectivity index (χ2v) is 6.54. The number of ether oxygens (including phenoxy) is 1. The predicted octanol–water partition coefficient (Wildman–Crippen LogP) is 4.02. The van der Waals surface area contributed by atoms with Gasteiger partial charge in [0.15, 0.2) is 0 Å². The Kier molecular flexibility index (Phi) is 5.72. The largest absolute Gasteiger partial charge is 0.370 e. The van der Waals surface area contributed by atoms with E-state index in [0.29, 0.717) is 19.7 Å². The molecule has 3 nitrogen and oxygen atoms in total. The molecule has 124 valence electrons. The highest BCUT2D eigenvalue weighted by atomic mass is 32.2. The van der Waals surface area contributed by atoms with Gasteiger partial charge in [-0.1, -0.05) is 42.5 Å². The summed E-state index contributed by atoms with van der Waals surface area (Å²) >= 11 is 1.71. The van der Waals surface area contributed by atoms with Gasteiger partial charge in [0.1, 0.15) is 6.10 Å². The Bertz CT molecular complexity index is 697. The molecule has 0 N–H and O–H groups in total. The molecule has 1 heterocycles. The predicted molar refractivity (Wildman–Crippen MR) is 99.0 cm³/mol. The summed E-state index contributed by atoms with van der Waals surface area (Å²) in [4.78, 5) is 15.5. The molecule has 1 saturated heterocycles. The van der Waals surface area contributed by atoms with E-state index in [1.165, 1.54) is 4.90 Å². The molecule has 3 rings (SSSR count). The quantitative estimate of drug-likeness (QED) is 0.622. The van der Waals surface area contributed by atoms with Crippen molar-refractivity contribution in [3.63, 3.8) is 0 Å². The molecule has 0 aromatic heterocycles. The van der Waals surface area contributed by atoms with Crippen LogP contribution in [0.5, 0.6) is 0 Å². The second kappa shape index (κ2) is 8.18. The fourth-order valence-corrected chi connectivity index (χ4v) is 3.11. The van der Waals surface area contributed by atoms with Crippen molar-refractivity contribution in [1.82, 2.24) is 4.90 Å². The molecular weight excluding hydrogens is 318 g/mol. The Balaban J connectivity index is 1.62. The van der Waals surface area contributed by atoms with Crippen LogP contribution in [0, 0.1) is 0 Å². The van der Waals surface area contributed by atoms with Crippen molar-refractivity contribution >= 4 is 23.7 Å². The zero-order chi connectivity index (χ0) is 16.8. The molecule has 0 bridgehead atoms. The summed E-state index contributed by atoms with van der Waals surface area (Å²) in [6.45, 7) is 1.80. The normalized spacial score (nSPS) is 18.0. The number of thioether (sulfide) groups is 1. The molecule has 0 radical (unpaired) electrons. The Hall–Kier alpha value is -2.04. The summed E-state index contributed by atoms with van der Waals surface area (Å²) in [5.74, 6) is 0.0353. The lowest BCUT2D eigenvalue weighted by molar-refractivity contribution is -0.133. The summed E-state index contributed by atoms with van der Waals surface area (Å²) in [6.07, 6.45) is 5.54. The van der Waals surface area contributed by atoms with Crippen LogP contribution in [0.1, 0.15) is 17.2 Å². The highest BCUT2D eigenvalue weighted by molar-refractivity contribution is 7.98. The van der Waals surface area contributed by atoms with Crippen LogP contribution in [0.2, 0.25) is 0 Å². The van der Waals surface area contributed by atoms with Crippen molar-refractivity contribution in [3.05, 3.63) is 71.8 Å². The van der Waals surface area contributed by atoms with Crippen LogP contribution >= 0.6 is 11.8 Å². The molecule has 0 spiro atoms. The fraction of sp³-hybridized carbons (Fsp3) is 0.250. The Morgan fingerprint density at radius 1 is 1.17 bits per heavy atom. The van der Waals surface area contributed by atoms with Gasteiger partial charge in [-0.25, -0.2) is 0 Å². The topological polar surface area (TPSA) is 29.5 Å². The first-order valence-corrected chi connectivity index (χ1v) is 9.26. The number of rotatable bonds is 4.